The van der Waals surface area contributed by atoms with E-state index in [-0.39, 0.29) is 0 Å². The maximum atomic E-state index is 4.42. The van der Waals surface area contributed by atoms with E-state index >= 15 is 0 Å². The highest BCUT2D eigenvalue weighted by Gasteiger charge is 2.55. The second-order valence-electron chi connectivity index (χ2n) is 19.2. The van der Waals surface area contributed by atoms with Crippen LogP contribution in [-0.4, -0.2) is 49.3 Å². The summed E-state index contributed by atoms with van der Waals surface area (Å²) in [5.74, 6) is 6.73. The minimum Gasteiger partial charge on any atom is -0.286 e. The van der Waals surface area contributed by atoms with Crippen LogP contribution < -0.4 is 42.5 Å². The lowest BCUT2D eigenvalue weighted by atomic mass is 9.69. The number of nitrogens with one attached hydrogen (secondary N) is 8. The minimum absolute atomic E-state index is 0.401. The molecule has 5 heterocycles. The molecule has 5 saturated heterocycles. The molecule has 17 unspecified atom stereocenters. The van der Waals surface area contributed by atoms with Crippen LogP contribution in [0.4, 0.5) is 0 Å². The van der Waals surface area contributed by atoms with Crippen molar-refractivity contribution < 1.29 is 0 Å². The summed E-state index contributed by atoms with van der Waals surface area (Å²) >= 11 is 0. The third kappa shape index (κ3) is 7.13. The normalized spacial score (nSPS) is 50.0. The molecule has 0 radical (unpaired) electrons. The molecular weight excluding hydrogens is 617 g/mol. The maximum absolute atomic E-state index is 4.42. The molecule has 0 amide bonds. The second-order valence-corrected chi connectivity index (χ2v) is 19.2. The van der Waals surface area contributed by atoms with E-state index in [1.807, 2.05) is 0 Å². The van der Waals surface area contributed by atoms with Gasteiger partial charge in [-0.3, -0.25) is 42.5 Å². The summed E-state index contributed by atoms with van der Waals surface area (Å²) in [5.41, 5.74) is 0. The van der Waals surface area contributed by atoms with Gasteiger partial charge in [0.25, 0.3) is 0 Å². The molecule has 0 spiro atoms. The number of rotatable bonds is 9. The van der Waals surface area contributed by atoms with Gasteiger partial charge in [0, 0.05) is 0 Å². The zero-order valence-corrected chi connectivity index (χ0v) is 31.8. The Kier molecular flexibility index (Phi) is 11.5. The molecule has 0 aromatic carbocycles. The summed E-state index contributed by atoms with van der Waals surface area (Å²) in [4.78, 5) is 0. The smallest absolute Gasteiger partial charge is 0.0631 e. The van der Waals surface area contributed by atoms with Crippen molar-refractivity contribution in [3.63, 3.8) is 0 Å². The number of hydrogen-bond donors (Lipinski definition) is 8. The Hall–Kier alpha value is -0.320. The fraction of sp³-hybridized carbons (Fsp3) is 1.00. The van der Waals surface area contributed by atoms with Crippen molar-refractivity contribution in [2.75, 3.05) is 0 Å². The fourth-order valence-electron chi connectivity index (χ4n) is 14.1. The van der Waals surface area contributed by atoms with Crippen molar-refractivity contribution in [3.8, 4) is 0 Å². The van der Waals surface area contributed by atoms with E-state index in [2.05, 4.69) is 49.5 Å². The van der Waals surface area contributed by atoms with Crippen molar-refractivity contribution in [2.24, 2.45) is 53.3 Å². The third-order valence-corrected chi connectivity index (χ3v) is 16.5. The van der Waals surface area contributed by atoms with Gasteiger partial charge in [-0.25, -0.2) is 0 Å². The van der Waals surface area contributed by atoms with Crippen LogP contribution in [0.5, 0.6) is 0 Å². The minimum atomic E-state index is 0.401. The van der Waals surface area contributed by atoms with Crippen LogP contribution in [0.2, 0.25) is 0 Å². The Bertz CT molecular complexity index is 1090. The zero-order valence-electron chi connectivity index (χ0n) is 31.8. The van der Waals surface area contributed by atoms with Gasteiger partial charge in [-0.05, 0) is 98.2 Å². The molecule has 9 rings (SSSR count). The van der Waals surface area contributed by atoms with Crippen LogP contribution in [0.25, 0.3) is 0 Å². The lowest BCUT2D eigenvalue weighted by molar-refractivity contribution is 0.115. The summed E-state index contributed by atoms with van der Waals surface area (Å²) in [6.45, 7) is 2.33. The van der Waals surface area contributed by atoms with E-state index < -0.39 is 0 Å². The lowest BCUT2D eigenvalue weighted by Crippen LogP contribution is -2.61. The number of hydrogen-bond acceptors (Lipinski definition) is 8. The summed E-state index contributed by atoms with van der Waals surface area (Å²) in [6.07, 6.45) is 37.0. The molecule has 8 bridgehead atoms. The molecule has 8 nitrogen and oxygen atoms in total. The van der Waals surface area contributed by atoms with Crippen LogP contribution in [0, 0.1) is 53.3 Å². The molecule has 0 aromatic heterocycles. The molecule has 4 aliphatic carbocycles. The first kappa shape index (κ1) is 35.4. The summed E-state index contributed by atoms with van der Waals surface area (Å²) in [5, 5.41) is 34.6. The Morgan fingerprint density at radius 2 is 0.640 bits per heavy atom. The van der Waals surface area contributed by atoms with Gasteiger partial charge in [0.05, 0.1) is 49.3 Å². The van der Waals surface area contributed by atoms with Crippen molar-refractivity contribution in [1.29, 1.82) is 0 Å². The highest BCUT2D eigenvalue weighted by Crippen LogP contribution is 2.47. The van der Waals surface area contributed by atoms with Gasteiger partial charge in [0.1, 0.15) is 0 Å². The van der Waals surface area contributed by atoms with Crippen LogP contribution in [-0.2, 0) is 0 Å². The van der Waals surface area contributed by atoms with E-state index in [0.717, 1.165) is 53.3 Å². The molecule has 284 valence electrons. The number of unbranched alkanes of at least 4 members (excludes halogenated alkanes) is 7. The highest BCUT2D eigenvalue weighted by atomic mass is 15.4. The van der Waals surface area contributed by atoms with E-state index in [1.54, 1.807) is 0 Å². The Morgan fingerprint density at radius 3 is 1.04 bits per heavy atom. The van der Waals surface area contributed by atoms with E-state index in [1.165, 1.54) is 154 Å². The average molecular weight is 693 g/mol. The molecule has 0 aromatic rings. The van der Waals surface area contributed by atoms with Crippen LogP contribution in [0.15, 0.2) is 0 Å². The van der Waals surface area contributed by atoms with Gasteiger partial charge in [-0.2, -0.15) is 0 Å². The van der Waals surface area contributed by atoms with Crippen molar-refractivity contribution in [2.45, 2.75) is 210 Å². The quantitative estimate of drug-likeness (QED) is 0.132. The van der Waals surface area contributed by atoms with E-state index in [0.29, 0.717) is 49.3 Å². The average Bonchev–Trinajstić information content (AvgIpc) is 3.89. The maximum Gasteiger partial charge on any atom is 0.0631 e. The summed E-state index contributed by atoms with van der Waals surface area (Å²) < 4.78 is 0. The fourth-order valence-corrected chi connectivity index (χ4v) is 14.1. The topological polar surface area (TPSA) is 96.2 Å². The molecular formula is C42H76N8. The van der Waals surface area contributed by atoms with E-state index in [4.69, 9.17) is 0 Å². The monoisotopic (exact) mass is 693 g/mol. The van der Waals surface area contributed by atoms with Crippen LogP contribution >= 0.6 is 0 Å². The van der Waals surface area contributed by atoms with Crippen LogP contribution in [0.3, 0.4) is 0 Å². The first-order valence-corrected chi connectivity index (χ1v) is 22.8. The van der Waals surface area contributed by atoms with Crippen molar-refractivity contribution in [3.05, 3.63) is 0 Å². The summed E-state index contributed by atoms with van der Waals surface area (Å²) in [6, 6.07) is 0. The van der Waals surface area contributed by atoms with Gasteiger partial charge in [-0.1, -0.05) is 116 Å². The standard InChI is InChI=1S/C42H76N8/c1-2-3-4-5-6-7-8-9-17-26-18-16-25-33-34(26)42-49-40-32-24-15-14-23-31(32)38(47-40)45-36-28-20-11-10-19-27(28)35(43-36)44-37-29-21-12-13-22-30(29)39(46-37)48-41(33)50-42/h26-50H,2-25H2,1H3. The first-order valence-electron chi connectivity index (χ1n) is 22.8. The molecule has 9 fully saturated rings. The van der Waals surface area contributed by atoms with Gasteiger partial charge < -0.3 is 0 Å². The molecule has 4 saturated carbocycles. The highest BCUT2D eigenvalue weighted by molar-refractivity contribution is 5.09. The predicted molar refractivity (Wildman–Crippen MR) is 203 cm³/mol. The van der Waals surface area contributed by atoms with Gasteiger partial charge in [-0.15, -0.1) is 0 Å². The van der Waals surface area contributed by atoms with Gasteiger partial charge in [0.15, 0.2) is 0 Å². The first-order chi connectivity index (χ1) is 24.7. The molecule has 50 heavy (non-hydrogen) atoms. The van der Waals surface area contributed by atoms with Gasteiger partial charge >= 0.3 is 0 Å². The molecule has 9 aliphatic rings. The molecule has 17 atom stereocenters. The van der Waals surface area contributed by atoms with Gasteiger partial charge in [0.2, 0.25) is 0 Å². The second kappa shape index (κ2) is 16.2. The zero-order chi connectivity index (χ0) is 33.4. The lowest BCUT2D eigenvalue weighted by Gasteiger charge is -2.39. The van der Waals surface area contributed by atoms with Crippen LogP contribution in [0.1, 0.15) is 161 Å². The molecule has 8 heteroatoms. The Balaban J connectivity index is 0.967. The Labute approximate surface area is 305 Å². The predicted octanol–water partition coefficient (Wildman–Crippen LogP) is 6.36. The molecule has 5 aliphatic heterocycles. The number of fused-ring (bicyclic) bond motifs is 20. The third-order valence-electron chi connectivity index (χ3n) is 16.5. The SMILES string of the molecule is CCCCCCCCCCC1CCCC2C3NC4NC(NC5NC(NC6NC(NC(N3)C12)C1CCCCC61)C1CCCCC51)C1CCCCC41. The Morgan fingerprint density at radius 1 is 0.320 bits per heavy atom. The molecule has 8 N–H and O–H groups in total. The van der Waals surface area contributed by atoms with Crippen molar-refractivity contribution in [1.82, 2.24) is 42.5 Å². The summed E-state index contributed by atoms with van der Waals surface area (Å²) in [7, 11) is 0. The van der Waals surface area contributed by atoms with Crippen molar-refractivity contribution >= 4 is 0 Å². The van der Waals surface area contributed by atoms with E-state index in [9.17, 15) is 0 Å². The largest absolute Gasteiger partial charge is 0.286 e.